The fourth-order valence-electron chi connectivity index (χ4n) is 2.39. The fraction of sp³-hybridized carbons (Fsp3) is 0.429. The lowest BCUT2D eigenvalue weighted by atomic mass is 10.2. The van der Waals surface area contributed by atoms with Crippen LogP contribution < -0.4 is 10.1 Å². The molecule has 0 amide bonds. The lowest BCUT2D eigenvalue weighted by molar-refractivity contribution is 0.415. The molecule has 0 radical (unpaired) electrons. The summed E-state index contributed by atoms with van der Waals surface area (Å²) >= 11 is 0. The minimum absolute atomic E-state index is 0.708. The maximum absolute atomic E-state index is 5.14. The van der Waals surface area contributed by atoms with Gasteiger partial charge in [0.15, 0.2) is 5.82 Å². The summed E-state index contributed by atoms with van der Waals surface area (Å²) in [4.78, 5) is 0. The number of hydrogen-bond acceptors (Lipinski definition) is 4. The summed E-state index contributed by atoms with van der Waals surface area (Å²) in [6.07, 6.45) is 3.50. The summed E-state index contributed by atoms with van der Waals surface area (Å²) in [7, 11) is 1.67. The van der Waals surface area contributed by atoms with Crippen molar-refractivity contribution < 1.29 is 4.74 Å². The molecule has 0 bridgehead atoms. The largest absolute Gasteiger partial charge is 0.497 e. The van der Waals surface area contributed by atoms with E-state index >= 15 is 0 Å². The molecule has 0 saturated carbocycles. The van der Waals surface area contributed by atoms with Crippen LogP contribution in [0.3, 0.4) is 0 Å². The molecule has 5 nitrogen and oxygen atoms in total. The van der Waals surface area contributed by atoms with Gasteiger partial charge in [-0.25, -0.2) is 0 Å². The molecule has 3 rings (SSSR count). The summed E-state index contributed by atoms with van der Waals surface area (Å²) in [6, 6.07) is 7.90. The van der Waals surface area contributed by atoms with Crippen molar-refractivity contribution in [3.63, 3.8) is 0 Å². The van der Waals surface area contributed by atoms with Gasteiger partial charge in [-0.05, 0) is 37.1 Å². The third-order valence-corrected chi connectivity index (χ3v) is 3.48. The zero-order valence-corrected chi connectivity index (χ0v) is 11.1. The Bertz CT molecular complexity index is 547. The Morgan fingerprint density at radius 2 is 2.05 bits per heavy atom. The van der Waals surface area contributed by atoms with E-state index in [1.54, 1.807) is 7.11 Å². The van der Waals surface area contributed by atoms with E-state index in [4.69, 9.17) is 4.74 Å². The number of nitrogens with one attached hydrogen (secondary N) is 1. The third kappa shape index (κ3) is 2.54. The molecule has 19 heavy (non-hydrogen) atoms. The van der Waals surface area contributed by atoms with Crippen LogP contribution in [0.1, 0.15) is 24.5 Å². The average molecular weight is 258 g/mol. The molecule has 0 unspecified atom stereocenters. The minimum atomic E-state index is 0.708. The maximum atomic E-state index is 5.14. The molecule has 1 aromatic heterocycles. The van der Waals surface area contributed by atoms with Crippen molar-refractivity contribution in [2.75, 3.05) is 12.4 Å². The number of methoxy groups -OCH3 is 1. The topological polar surface area (TPSA) is 52.0 Å². The highest BCUT2D eigenvalue weighted by Gasteiger charge is 2.15. The molecule has 0 fully saturated rings. The number of anilines is 1. The van der Waals surface area contributed by atoms with E-state index in [2.05, 4.69) is 20.1 Å². The minimum Gasteiger partial charge on any atom is -0.497 e. The molecule has 100 valence electrons. The number of rotatable bonds is 4. The van der Waals surface area contributed by atoms with Gasteiger partial charge in [-0.3, -0.25) is 0 Å². The Kier molecular flexibility index (Phi) is 3.35. The highest BCUT2D eigenvalue weighted by Crippen LogP contribution is 2.17. The van der Waals surface area contributed by atoms with Gasteiger partial charge in [0, 0.05) is 18.7 Å². The van der Waals surface area contributed by atoms with E-state index in [-0.39, 0.29) is 0 Å². The molecule has 1 aliphatic heterocycles. The first-order valence-corrected chi connectivity index (χ1v) is 6.66. The highest BCUT2D eigenvalue weighted by molar-refractivity contribution is 5.46. The number of hydrogen-bond donors (Lipinski definition) is 1. The van der Waals surface area contributed by atoms with E-state index in [1.165, 1.54) is 12.8 Å². The molecule has 1 aromatic carbocycles. The van der Waals surface area contributed by atoms with Crippen LogP contribution >= 0.6 is 0 Å². The van der Waals surface area contributed by atoms with E-state index in [9.17, 15) is 0 Å². The molecular formula is C14H18N4O. The zero-order chi connectivity index (χ0) is 13.1. The number of aromatic nitrogens is 3. The third-order valence-electron chi connectivity index (χ3n) is 3.48. The summed E-state index contributed by atoms with van der Waals surface area (Å²) in [5.74, 6) is 3.01. The van der Waals surface area contributed by atoms with Crippen LogP contribution in [-0.4, -0.2) is 21.9 Å². The molecule has 0 aliphatic carbocycles. The van der Waals surface area contributed by atoms with Crippen molar-refractivity contribution in [1.29, 1.82) is 0 Å². The first-order chi connectivity index (χ1) is 9.36. The second-order valence-electron chi connectivity index (χ2n) is 4.72. The van der Waals surface area contributed by atoms with Gasteiger partial charge in [0.2, 0.25) is 0 Å². The second kappa shape index (κ2) is 5.30. The molecule has 5 heteroatoms. The standard InChI is InChI=1S/C14H18N4O/c1-19-12-7-5-11(6-8-12)15-10-14-17-16-13-4-2-3-9-18(13)14/h5-8,15H,2-4,9-10H2,1H3. The van der Waals surface area contributed by atoms with Crippen molar-refractivity contribution in [3.05, 3.63) is 35.9 Å². The Balaban J connectivity index is 1.66. The van der Waals surface area contributed by atoms with Crippen LogP contribution in [0.5, 0.6) is 5.75 Å². The summed E-state index contributed by atoms with van der Waals surface area (Å²) in [5.41, 5.74) is 1.06. The number of nitrogens with zero attached hydrogens (tertiary/aromatic N) is 3. The lowest BCUT2D eigenvalue weighted by Gasteiger charge is -2.15. The van der Waals surface area contributed by atoms with Crippen molar-refractivity contribution >= 4 is 5.69 Å². The average Bonchev–Trinajstić information content (AvgIpc) is 2.89. The SMILES string of the molecule is COc1ccc(NCc2nnc3n2CCCC3)cc1. The molecule has 1 N–H and O–H groups in total. The Morgan fingerprint density at radius 3 is 2.84 bits per heavy atom. The van der Waals surface area contributed by atoms with Crippen molar-refractivity contribution in [2.24, 2.45) is 0 Å². The number of aryl methyl sites for hydroxylation is 1. The van der Waals surface area contributed by atoms with Gasteiger partial charge in [-0.1, -0.05) is 0 Å². The zero-order valence-electron chi connectivity index (χ0n) is 11.1. The van der Waals surface area contributed by atoms with E-state index in [0.717, 1.165) is 36.1 Å². The molecule has 0 saturated heterocycles. The van der Waals surface area contributed by atoms with Gasteiger partial charge in [0.1, 0.15) is 11.6 Å². The predicted molar refractivity (Wildman–Crippen MR) is 73.3 cm³/mol. The van der Waals surface area contributed by atoms with Gasteiger partial charge >= 0.3 is 0 Å². The number of ether oxygens (including phenoxy) is 1. The van der Waals surface area contributed by atoms with Crippen LogP contribution in [0, 0.1) is 0 Å². The molecule has 1 aliphatic rings. The highest BCUT2D eigenvalue weighted by atomic mass is 16.5. The second-order valence-corrected chi connectivity index (χ2v) is 4.72. The molecule has 0 spiro atoms. The van der Waals surface area contributed by atoms with Crippen LogP contribution in [0.15, 0.2) is 24.3 Å². The first-order valence-electron chi connectivity index (χ1n) is 6.66. The normalized spacial score (nSPS) is 13.9. The van der Waals surface area contributed by atoms with Crippen molar-refractivity contribution in [3.8, 4) is 5.75 Å². The smallest absolute Gasteiger partial charge is 0.152 e. The maximum Gasteiger partial charge on any atom is 0.152 e. The fourth-order valence-corrected chi connectivity index (χ4v) is 2.39. The van der Waals surface area contributed by atoms with Gasteiger partial charge in [-0.15, -0.1) is 10.2 Å². The number of fused-ring (bicyclic) bond motifs is 1. The van der Waals surface area contributed by atoms with Crippen LogP contribution in [0.25, 0.3) is 0 Å². The molecule has 2 heterocycles. The lowest BCUT2D eigenvalue weighted by Crippen LogP contribution is -2.15. The molecular weight excluding hydrogens is 240 g/mol. The van der Waals surface area contributed by atoms with E-state index in [0.29, 0.717) is 6.54 Å². The Morgan fingerprint density at radius 1 is 1.21 bits per heavy atom. The van der Waals surface area contributed by atoms with Gasteiger partial charge < -0.3 is 14.6 Å². The Hall–Kier alpha value is -2.04. The molecule has 2 aromatic rings. The van der Waals surface area contributed by atoms with Gasteiger partial charge in [0.05, 0.1) is 13.7 Å². The predicted octanol–water partition coefficient (Wildman–Crippen LogP) is 2.24. The van der Waals surface area contributed by atoms with Gasteiger partial charge in [0.25, 0.3) is 0 Å². The van der Waals surface area contributed by atoms with Crippen molar-refractivity contribution in [1.82, 2.24) is 14.8 Å². The van der Waals surface area contributed by atoms with Crippen LogP contribution in [0.4, 0.5) is 5.69 Å². The van der Waals surface area contributed by atoms with E-state index < -0.39 is 0 Å². The first kappa shape index (κ1) is 12.0. The van der Waals surface area contributed by atoms with Gasteiger partial charge in [-0.2, -0.15) is 0 Å². The summed E-state index contributed by atoms with van der Waals surface area (Å²) in [6.45, 7) is 1.75. The summed E-state index contributed by atoms with van der Waals surface area (Å²) in [5, 5.41) is 11.9. The van der Waals surface area contributed by atoms with Crippen LogP contribution in [0.2, 0.25) is 0 Å². The summed E-state index contributed by atoms with van der Waals surface area (Å²) < 4.78 is 7.38. The van der Waals surface area contributed by atoms with E-state index in [1.807, 2.05) is 24.3 Å². The number of benzene rings is 1. The van der Waals surface area contributed by atoms with Crippen molar-refractivity contribution in [2.45, 2.75) is 32.4 Å². The Labute approximate surface area is 112 Å². The monoisotopic (exact) mass is 258 g/mol. The molecule has 0 atom stereocenters. The quantitative estimate of drug-likeness (QED) is 0.913. The van der Waals surface area contributed by atoms with Crippen LogP contribution in [-0.2, 0) is 19.5 Å².